The van der Waals surface area contributed by atoms with Crippen LogP contribution in [0.5, 0.6) is 0 Å². The predicted octanol–water partition coefficient (Wildman–Crippen LogP) is 2.68. The molecule has 0 amide bonds. The Balaban J connectivity index is 2.51. The summed E-state index contributed by atoms with van der Waals surface area (Å²) in [6.45, 7) is 7.26. The van der Waals surface area contributed by atoms with Crippen LogP contribution in [0.4, 0.5) is 5.69 Å². The lowest BCUT2D eigenvalue weighted by Gasteiger charge is -2.23. The van der Waals surface area contributed by atoms with Gasteiger partial charge in [-0.05, 0) is 24.0 Å². The Labute approximate surface area is 110 Å². The topological polar surface area (TPSA) is 53.0 Å². The highest BCUT2D eigenvalue weighted by atomic mass is 15.1. The van der Waals surface area contributed by atoms with Gasteiger partial charge in [-0.15, -0.1) is 0 Å². The molecule has 3 heteroatoms. The molecule has 0 atom stereocenters. The summed E-state index contributed by atoms with van der Waals surface area (Å²) in [4.78, 5) is 2.35. The second kappa shape index (κ2) is 7.73. The molecule has 1 rings (SSSR count). The molecule has 0 aliphatic carbocycles. The van der Waals surface area contributed by atoms with Crippen molar-refractivity contribution in [1.29, 1.82) is 5.26 Å². The lowest BCUT2D eigenvalue weighted by molar-refractivity contribution is 0.252. The Hall–Kier alpha value is -1.53. The molecule has 0 saturated heterocycles. The second-order valence-corrected chi connectivity index (χ2v) is 5.05. The van der Waals surface area contributed by atoms with Crippen molar-refractivity contribution in [3.05, 3.63) is 29.8 Å². The normalized spacial score (nSPS) is 10.8. The summed E-state index contributed by atoms with van der Waals surface area (Å²) in [5, 5.41) is 8.68. The number of anilines is 1. The Kier molecular flexibility index (Phi) is 6.24. The third-order valence-electron chi connectivity index (χ3n) is 2.92. The average molecular weight is 245 g/mol. The highest BCUT2D eigenvalue weighted by Gasteiger charge is 2.08. The van der Waals surface area contributed by atoms with Gasteiger partial charge in [-0.2, -0.15) is 5.26 Å². The lowest BCUT2D eigenvalue weighted by Crippen LogP contribution is -2.31. The number of nitrogens with zero attached hydrogens (tertiary/aromatic N) is 2. The molecule has 0 radical (unpaired) electrons. The lowest BCUT2D eigenvalue weighted by atomic mass is 10.1. The van der Waals surface area contributed by atoms with Crippen molar-refractivity contribution < 1.29 is 0 Å². The van der Waals surface area contributed by atoms with E-state index in [9.17, 15) is 0 Å². The van der Waals surface area contributed by atoms with Gasteiger partial charge in [0.15, 0.2) is 0 Å². The number of para-hydroxylation sites is 1. The molecule has 0 aliphatic heterocycles. The van der Waals surface area contributed by atoms with Crippen molar-refractivity contribution in [3.8, 4) is 6.07 Å². The SMILES string of the molecule is CC(C)CN(CCC#N)CCc1ccccc1N. The first-order chi connectivity index (χ1) is 8.63. The third kappa shape index (κ3) is 5.20. The zero-order valence-corrected chi connectivity index (χ0v) is 11.4. The molecule has 2 N–H and O–H groups in total. The Bertz CT molecular complexity index is 393. The first kappa shape index (κ1) is 14.5. The zero-order chi connectivity index (χ0) is 13.4. The summed E-state index contributed by atoms with van der Waals surface area (Å²) in [6, 6.07) is 10.2. The second-order valence-electron chi connectivity index (χ2n) is 5.05. The van der Waals surface area contributed by atoms with Gasteiger partial charge >= 0.3 is 0 Å². The Morgan fingerprint density at radius 1 is 1.28 bits per heavy atom. The quantitative estimate of drug-likeness (QED) is 0.751. The molecule has 1 aromatic rings. The van der Waals surface area contributed by atoms with Gasteiger partial charge in [-0.25, -0.2) is 0 Å². The maximum absolute atomic E-state index is 8.68. The molecule has 0 unspecified atom stereocenters. The van der Waals surface area contributed by atoms with Crippen molar-refractivity contribution in [2.24, 2.45) is 5.92 Å². The van der Waals surface area contributed by atoms with E-state index < -0.39 is 0 Å². The number of hydrogen-bond acceptors (Lipinski definition) is 3. The van der Waals surface area contributed by atoms with Gasteiger partial charge in [0.1, 0.15) is 0 Å². The van der Waals surface area contributed by atoms with E-state index in [1.165, 1.54) is 5.56 Å². The van der Waals surface area contributed by atoms with Gasteiger partial charge < -0.3 is 10.6 Å². The van der Waals surface area contributed by atoms with Gasteiger partial charge in [-0.1, -0.05) is 32.0 Å². The van der Waals surface area contributed by atoms with E-state index in [-0.39, 0.29) is 0 Å². The van der Waals surface area contributed by atoms with Crippen LogP contribution in [-0.4, -0.2) is 24.5 Å². The highest BCUT2D eigenvalue weighted by molar-refractivity contribution is 5.46. The summed E-state index contributed by atoms with van der Waals surface area (Å²) in [7, 11) is 0. The van der Waals surface area contributed by atoms with Gasteiger partial charge in [0.2, 0.25) is 0 Å². The van der Waals surface area contributed by atoms with Crippen LogP contribution < -0.4 is 5.73 Å². The number of nitriles is 1. The predicted molar refractivity (Wildman–Crippen MR) is 76.1 cm³/mol. The van der Waals surface area contributed by atoms with Crippen LogP contribution in [0.3, 0.4) is 0 Å². The minimum absolute atomic E-state index is 0.594. The maximum atomic E-state index is 8.68. The fourth-order valence-electron chi connectivity index (χ4n) is 2.06. The summed E-state index contributed by atoms with van der Waals surface area (Å²) in [5.41, 5.74) is 8.00. The molecule has 0 fully saturated rings. The van der Waals surface area contributed by atoms with Crippen molar-refractivity contribution in [3.63, 3.8) is 0 Å². The molecule has 18 heavy (non-hydrogen) atoms. The monoisotopic (exact) mass is 245 g/mol. The summed E-state index contributed by atoms with van der Waals surface area (Å²) < 4.78 is 0. The van der Waals surface area contributed by atoms with E-state index in [4.69, 9.17) is 11.0 Å². The highest BCUT2D eigenvalue weighted by Crippen LogP contribution is 2.12. The van der Waals surface area contributed by atoms with Crippen LogP contribution in [0.25, 0.3) is 0 Å². The summed E-state index contributed by atoms with van der Waals surface area (Å²) in [5.74, 6) is 0.622. The first-order valence-electron chi connectivity index (χ1n) is 6.56. The van der Waals surface area contributed by atoms with E-state index in [0.29, 0.717) is 12.3 Å². The van der Waals surface area contributed by atoms with E-state index in [1.54, 1.807) is 0 Å². The number of nitrogen functional groups attached to an aromatic ring is 1. The van der Waals surface area contributed by atoms with E-state index in [2.05, 4.69) is 30.9 Å². The van der Waals surface area contributed by atoms with E-state index in [0.717, 1.165) is 31.7 Å². The number of hydrogen-bond donors (Lipinski definition) is 1. The zero-order valence-electron chi connectivity index (χ0n) is 11.4. The third-order valence-corrected chi connectivity index (χ3v) is 2.92. The Morgan fingerprint density at radius 2 is 2.00 bits per heavy atom. The fourth-order valence-corrected chi connectivity index (χ4v) is 2.06. The van der Waals surface area contributed by atoms with Crippen LogP contribution in [0.2, 0.25) is 0 Å². The minimum atomic E-state index is 0.594. The maximum Gasteiger partial charge on any atom is 0.0635 e. The molecule has 3 nitrogen and oxygen atoms in total. The average Bonchev–Trinajstić information content (AvgIpc) is 2.34. The molecule has 0 aromatic heterocycles. The molecule has 0 heterocycles. The van der Waals surface area contributed by atoms with Crippen LogP contribution in [0.1, 0.15) is 25.8 Å². The number of nitrogens with two attached hydrogens (primary N) is 1. The molecular formula is C15H23N3. The Morgan fingerprint density at radius 3 is 2.61 bits per heavy atom. The van der Waals surface area contributed by atoms with Gasteiger partial charge in [0.05, 0.1) is 6.07 Å². The van der Waals surface area contributed by atoms with Crippen molar-refractivity contribution >= 4 is 5.69 Å². The van der Waals surface area contributed by atoms with Crippen LogP contribution in [-0.2, 0) is 6.42 Å². The molecule has 1 aromatic carbocycles. The van der Waals surface area contributed by atoms with Gasteiger partial charge in [-0.3, -0.25) is 0 Å². The fraction of sp³-hybridized carbons (Fsp3) is 0.533. The van der Waals surface area contributed by atoms with Crippen LogP contribution in [0.15, 0.2) is 24.3 Å². The standard InChI is InChI=1S/C15H23N3/c1-13(2)12-18(10-5-9-16)11-8-14-6-3-4-7-15(14)17/h3-4,6-7,13H,5,8,10-12,17H2,1-2H3. The molecule has 98 valence electrons. The van der Waals surface area contributed by atoms with Crippen molar-refractivity contribution in [2.75, 3.05) is 25.4 Å². The van der Waals surface area contributed by atoms with Gasteiger partial charge in [0, 0.05) is 31.7 Å². The first-order valence-corrected chi connectivity index (χ1v) is 6.56. The molecule has 0 aliphatic rings. The molecule has 0 saturated carbocycles. The van der Waals surface area contributed by atoms with Crippen molar-refractivity contribution in [1.82, 2.24) is 4.90 Å². The molecule has 0 bridgehead atoms. The molecular weight excluding hydrogens is 222 g/mol. The molecule has 0 spiro atoms. The number of rotatable bonds is 7. The van der Waals surface area contributed by atoms with Crippen LogP contribution in [0, 0.1) is 17.2 Å². The largest absolute Gasteiger partial charge is 0.399 e. The van der Waals surface area contributed by atoms with Crippen LogP contribution >= 0.6 is 0 Å². The van der Waals surface area contributed by atoms with E-state index in [1.807, 2.05) is 18.2 Å². The van der Waals surface area contributed by atoms with Gasteiger partial charge in [0.25, 0.3) is 0 Å². The number of benzene rings is 1. The minimum Gasteiger partial charge on any atom is -0.399 e. The van der Waals surface area contributed by atoms with Crippen molar-refractivity contribution in [2.45, 2.75) is 26.7 Å². The smallest absolute Gasteiger partial charge is 0.0635 e. The van der Waals surface area contributed by atoms with E-state index >= 15 is 0 Å². The summed E-state index contributed by atoms with van der Waals surface area (Å²) >= 11 is 0. The summed E-state index contributed by atoms with van der Waals surface area (Å²) in [6.07, 6.45) is 1.54.